The quantitative estimate of drug-likeness (QED) is 0.518. The number of hydrazine groups is 1. The molecule has 9 heavy (non-hydrogen) atoms. The molecule has 1 rings (SSSR count). The van der Waals surface area contributed by atoms with Gasteiger partial charge in [0.15, 0.2) is 0 Å². The van der Waals surface area contributed by atoms with Gasteiger partial charge in [-0.05, 0) is 12.8 Å². The van der Waals surface area contributed by atoms with Crippen molar-refractivity contribution in [3.8, 4) is 0 Å². The first-order valence-electron chi connectivity index (χ1n) is 3.62. The fraction of sp³-hybridized carbons (Fsp3) is 1.00. The first kappa shape index (κ1) is 6.99. The average molecular weight is 128 g/mol. The first-order chi connectivity index (χ1) is 4.39. The number of nitrogens with one attached hydrogen (secondary N) is 2. The molecular weight excluding hydrogens is 114 g/mol. The van der Waals surface area contributed by atoms with Crippen LogP contribution in [-0.4, -0.2) is 18.2 Å². The van der Waals surface area contributed by atoms with E-state index in [2.05, 4.69) is 5.43 Å². The van der Waals surface area contributed by atoms with Gasteiger partial charge in [0.2, 0.25) is 0 Å². The Hall–Kier alpha value is -0.120. The first-order valence-corrected chi connectivity index (χ1v) is 3.62. The van der Waals surface area contributed by atoms with E-state index in [1.165, 1.54) is 24.4 Å². The van der Waals surface area contributed by atoms with Crippen molar-refractivity contribution in [1.29, 1.82) is 0 Å². The molecule has 0 aromatic heterocycles. The SMILES string of the molecule is [NH]N1CCCCCCN1. The molecule has 1 saturated heterocycles. The summed E-state index contributed by atoms with van der Waals surface area (Å²) in [4.78, 5) is 0. The number of hydrogen-bond acceptors (Lipinski definition) is 2. The minimum absolute atomic E-state index is 0.875. The van der Waals surface area contributed by atoms with Crippen molar-refractivity contribution in [2.45, 2.75) is 25.7 Å². The Labute approximate surface area is 56.1 Å². The average Bonchev–Trinajstić information content (AvgIpc) is 1.79. The van der Waals surface area contributed by atoms with Gasteiger partial charge in [-0.3, -0.25) is 0 Å². The summed E-state index contributed by atoms with van der Waals surface area (Å²) in [5.41, 5.74) is 2.98. The molecule has 3 nitrogen and oxygen atoms in total. The summed E-state index contributed by atoms with van der Waals surface area (Å²) in [5.74, 6) is 7.23. The van der Waals surface area contributed by atoms with Crippen LogP contribution in [0.15, 0.2) is 0 Å². The monoisotopic (exact) mass is 128 g/mol. The molecule has 1 radical (unpaired) electrons. The van der Waals surface area contributed by atoms with Crippen molar-refractivity contribution in [3.63, 3.8) is 0 Å². The molecule has 0 saturated carbocycles. The van der Waals surface area contributed by atoms with Gasteiger partial charge in [0, 0.05) is 13.1 Å². The van der Waals surface area contributed by atoms with Crippen molar-refractivity contribution in [1.82, 2.24) is 16.4 Å². The predicted molar refractivity (Wildman–Crippen MR) is 36.3 cm³/mol. The van der Waals surface area contributed by atoms with Gasteiger partial charge in [-0.25, -0.2) is 5.43 Å². The van der Waals surface area contributed by atoms with Gasteiger partial charge >= 0.3 is 0 Å². The number of hydrogen-bond donors (Lipinski definition) is 1. The summed E-state index contributed by atoms with van der Waals surface area (Å²) in [5, 5.41) is 1.44. The maximum absolute atomic E-state index is 7.23. The molecule has 0 spiro atoms. The smallest absolute Gasteiger partial charge is 0.0302 e. The molecule has 0 aromatic carbocycles. The van der Waals surface area contributed by atoms with E-state index in [1.807, 2.05) is 0 Å². The molecule has 1 heterocycles. The van der Waals surface area contributed by atoms with Crippen LogP contribution in [0.3, 0.4) is 0 Å². The topological polar surface area (TPSA) is 39.1 Å². The maximum atomic E-state index is 7.23. The third-order valence-electron chi connectivity index (χ3n) is 1.61. The van der Waals surface area contributed by atoms with Crippen molar-refractivity contribution in [2.24, 2.45) is 0 Å². The lowest BCUT2D eigenvalue weighted by molar-refractivity contribution is 0.162. The van der Waals surface area contributed by atoms with Crippen LogP contribution >= 0.6 is 0 Å². The van der Waals surface area contributed by atoms with Crippen LogP contribution in [0.1, 0.15) is 25.7 Å². The second-order valence-electron chi connectivity index (χ2n) is 2.47. The van der Waals surface area contributed by atoms with Crippen LogP contribution in [0, 0.1) is 0 Å². The second kappa shape index (κ2) is 3.82. The summed E-state index contributed by atoms with van der Waals surface area (Å²) < 4.78 is 0. The van der Waals surface area contributed by atoms with E-state index in [9.17, 15) is 0 Å². The van der Waals surface area contributed by atoms with Crippen LogP contribution in [0.25, 0.3) is 0 Å². The highest BCUT2D eigenvalue weighted by molar-refractivity contribution is 4.52. The summed E-state index contributed by atoms with van der Waals surface area (Å²) in [6.45, 7) is 1.85. The van der Waals surface area contributed by atoms with Gasteiger partial charge < -0.3 is 0 Å². The van der Waals surface area contributed by atoms with Gasteiger partial charge in [0.05, 0.1) is 0 Å². The maximum Gasteiger partial charge on any atom is 0.0302 e. The Bertz CT molecular complexity index is 66.7. The Balaban J connectivity index is 2.12. The molecule has 0 aliphatic carbocycles. The Kier molecular flexibility index (Phi) is 2.97. The minimum Gasteiger partial charge on any atom is -0.240 e. The third-order valence-corrected chi connectivity index (χ3v) is 1.61. The molecule has 2 N–H and O–H groups in total. The zero-order valence-electron chi connectivity index (χ0n) is 5.69. The lowest BCUT2D eigenvalue weighted by Gasteiger charge is -2.18. The minimum atomic E-state index is 0.875. The van der Waals surface area contributed by atoms with Crippen LogP contribution < -0.4 is 11.3 Å². The molecule has 0 bridgehead atoms. The standard InChI is InChI=1S/C6H14N3/c7-9-6-4-2-1-3-5-8-9/h7-8H,1-6H2. The molecule has 1 fully saturated rings. The predicted octanol–water partition coefficient (Wildman–Crippen LogP) is 0.565. The fourth-order valence-electron chi connectivity index (χ4n) is 1.04. The van der Waals surface area contributed by atoms with E-state index in [4.69, 9.17) is 5.84 Å². The Morgan fingerprint density at radius 2 is 1.89 bits per heavy atom. The van der Waals surface area contributed by atoms with E-state index in [0.29, 0.717) is 0 Å². The molecule has 0 amide bonds. The van der Waals surface area contributed by atoms with E-state index < -0.39 is 0 Å². The third kappa shape index (κ3) is 2.79. The number of rotatable bonds is 0. The van der Waals surface area contributed by atoms with Gasteiger partial charge in [-0.2, -0.15) is 11.0 Å². The summed E-state index contributed by atoms with van der Waals surface area (Å²) in [7, 11) is 0. The van der Waals surface area contributed by atoms with Gasteiger partial charge in [0.1, 0.15) is 0 Å². The molecule has 53 valence electrons. The molecule has 0 atom stereocenters. The van der Waals surface area contributed by atoms with E-state index in [0.717, 1.165) is 19.5 Å². The van der Waals surface area contributed by atoms with Crippen molar-refractivity contribution >= 4 is 0 Å². The van der Waals surface area contributed by atoms with Gasteiger partial charge in [0.25, 0.3) is 0 Å². The molecule has 3 heteroatoms. The lowest BCUT2D eigenvalue weighted by atomic mass is 10.2. The highest BCUT2D eigenvalue weighted by Gasteiger charge is 2.01. The zero-order chi connectivity index (χ0) is 6.53. The number of nitrogens with zero attached hydrogens (tertiary/aromatic N) is 1. The van der Waals surface area contributed by atoms with Gasteiger partial charge in [-0.15, -0.1) is 0 Å². The van der Waals surface area contributed by atoms with Crippen molar-refractivity contribution in [3.05, 3.63) is 0 Å². The molecule has 1 aliphatic heterocycles. The van der Waals surface area contributed by atoms with Crippen molar-refractivity contribution in [2.75, 3.05) is 13.1 Å². The lowest BCUT2D eigenvalue weighted by Crippen LogP contribution is -2.38. The van der Waals surface area contributed by atoms with E-state index in [-0.39, 0.29) is 0 Å². The molecule has 0 unspecified atom stereocenters. The zero-order valence-corrected chi connectivity index (χ0v) is 5.69. The van der Waals surface area contributed by atoms with Crippen LogP contribution in [0.5, 0.6) is 0 Å². The fourth-order valence-corrected chi connectivity index (χ4v) is 1.04. The van der Waals surface area contributed by atoms with E-state index in [1.54, 1.807) is 0 Å². The highest BCUT2D eigenvalue weighted by atomic mass is 15.7. The van der Waals surface area contributed by atoms with Crippen LogP contribution in [0.2, 0.25) is 0 Å². The second-order valence-corrected chi connectivity index (χ2v) is 2.47. The van der Waals surface area contributed by atoms with E-state index >= 15 is 0 Å². The Morgan fingerprint density at radius 1 is 1.11 bits per heavy atom. The molecule has 1 aliphatic rings. The summed E-state index contributed by atoms with van der Waals surface area (Å²) >= 11 is 0. The Morgan fingerprint density at radius 3 is 2.78 bits per heavy atom. The highest BCUT2D eigenvalue weighted by Crippen LogP contribution is 2.01. The van der Waals surface area contributed by atoms with Crippen LogP contribution in [0.4, 0.5) is 0 Å². The molecule has 0 aromatic rings. The van der Waals surface area contributed by atoms with Gasteiger partial charge in [-0.1, -0.05) is 12.8 Å². The molecular formula is C6H14N3. The van der Waals surface area contributed by atoms with Crippen molar-refractivity contribution < 1.29 is 0 Å². The summed E-state index contributed by atoms with van der Waals surface area (Å²) in [6, 6.07) is 0. The normalized spacial score (nSPS) is 25.0. The largest absolute Gasteiger partial charge is 0.240 e. The summed E-state index contributed by atoms with van der Waals surface area (Å²) in [6.07, 6.45) is 4.99. The van der Waals surface area contributed by atoms with Crippen LogP contribution in [-0.2, 0) is 0 Å².